The highest BCUT2D eigenvalue weighted by Gasteiger charge is 2.33. The Balaban J connectivity index is 1.87. The molecule has 0 unspecified atom stereocenters. The Bertz CT molecular complexity index is 1140. The van der Waals surface area contributed by atoms with Crippen LogP contribution in [0, 0.1) is 0 Å². The summed E-state index contributed by atoms with van der Waals surface area (Å²) in [5.41, 5.74) is 6.37. The third-order valence-electron chi connectivity index (χ3n) is 4.74. The molecule has 1 aromatic heterocycles. The van der Waals surface area contributed by atoms with E-state index >= 15 is 0 Å². The van der Waals surface area contributed by atoms with Gasteiger partial charge in [0.15, 0.2) is 5.78 Å². The smallest absolute Gasteiger partial charge is 0.196 e. The van der Waals surface area contributed by atoms with E-state index < -0.39 is 0 Å². The highest BCUT2D eigenvalue weighted by atomic mass is 16.1. The fourth-order valence-corrected chi connectivity index (χ4v) is 3.55. The van der Waals surface area contributed by atoms with Crippen LogP contribution >= 0.6 is 0 Å². The second-order valence-corrected chi connectivity index (χ2v) is 6.25. The van der Waals surface area contributed by atoms with Crippen molar-refractivity contribution in [2.24, 2.45) is 0 Å². The standard InChI is InChI=1S/C23H14N2O/c26-23-18-14-8-7-13-17(18)22-20(23)19(15-9-3-1-4-10-15)21(24-25-22)16-11-5-2-6-12-16/h1-14H. The molecule has 3 heteroatoms. The van der Waals surface area contributed by atoms with Gasteiger partial charge in [-0.15, -0.1) is 10.2 Å². The normalized spacial score (nSPS) is 11.9. The SMILES string of the molecule is O=C1c2ccccc2-c2nnc(-c3ccccc3)c(-c3ccccc3)c21. The van der Waals surface area contributed by atoms with Crippen molar-refractivity contribution in [2.75, 3.05) is 0 Å². The molecule has 0 fully saturated rings. The largest absolute Gasteiger partial charge is 0.288 e. The number of carbonyl (C=O) groups excluding carboxylic acids is 1. The van der Waals surface area contributed by atoms with Crippen molar-refractivity contribution in [3.05, 3.63) is 96.1 Å². The lowest BCUT2D eigenvalue weighted by Crippen LogP contribution is -2.03. The molecule has 26 heavy (non-hydrogen) atoms. The molecule has 1 aliphatic rings. The Morgan fingerprint density at radius 1 is 0.500 bits per heavy atom. The van der Waals surface area contributed by atoms with Crippen molar-refractivity contribution in [3.63, 3.8) is 0 Å². The lowest BCUT2D eigenvalue weighted by Gasteiger charge is -2.12. The van der Waals surface area contributed by atoms with Crippen molar-refractivity contribution in [2.45, 2.75) is 0 Å². The predicted molar refractivity (Wildman–Crippen MR) is 102 cm³/mol. The van der Waals surface area contributed by atoms with Gasteiger partial charge in [0.1, 0.15) is 11.4 Å². The summed E-state index contributed by atoms with van der Waals surface area (Å²) in [5, 5.41) is 8.97. The third-order valence-corrected chi connectivity index (χ3v) is 4.74. The Hall–Kier alpha value is -3.59. The molecule has 0 saturated heterocycles. The van der Waals surface area contributed by atoms with Crippen LogP contribution in [0.1, 0.15) is 15.9 Å². The number of ketones is 1. The Kier molecular flexibility index (Phi) is 3.25. The van der Waals surface area contributed by atoms with Gasteiger partial charge in [0.25, 0.3) is 0 Å². The van der Waals surface area contributed by atoms with Gasteiger partial charge in [-0.1, -0.05) is 84.9 Å². The van der Waals surface area contributed by atoms with Gasteiger partial charge in [-0.25, -0.2) is 0 Å². The Morgan fingerprint density at radius 2 is 1.04 bits per heavy atom. The average Bonchev–Trinajstić information content (AvgIpc) is 3.01. The molecule has 0 radical (unpaired) electrons. The van der Waals surface area contributed by atoms with Crippen molar-refractivity contribution < 1.29 is 4.79 Å². The maximum Gasteiger partial charge on any atom is 0.196 e. The zero-order valence-corrected chi connectivity index (χ0v) is 13.9. The van der Waals surface area contributed by atoms with E-state index in [-0.39, 0.29) is 5.78 Å². The third kappa shape index (κ3) is 2.11. The van der Waals surface area contributed by atoms with Crippen LogP contribution < -0.4 is 0 Å². The summed E-state index contributed by atoms with van der Waals surface area (Å²) in [4.78, 5) is 13.2. The fraction of sp³-hybridized carbons (Fsp3) is 0. The molecule has 0 spiro atoms. The summed E-state index contributed by atoms with van der Waals surface area (Å²) in [5.74, 6) is 0.0153. The van der Waals surface area contributed by atoms with E-state index in [0.29, 0.717) is 16.8 Å². The number of aromatic nitrogens is 2. The maximum absolute atomic E-state index is 13.2. The van der Waals surface area contributed by atoms with E-state index in [1.54, 1.807) is 0 Å². The zero-order valence-electron chi connectivity index (χ0n) is 13.9. The van der Waals surface area contributed by atoms with E-state index in [1.807, 2.05) is 84.9 Å². The molecule has 3 aromatic carbocycles. The Labute approximate surface area is 151 Å². The predicted octanol–water partition coefficient (Wildman–Crippen LogP) is 5.02. The van der Waals surface area contributed by atoms with E-state index in [4.69, 9.17) is 0 Å². The average molecular weight is 334 g/mol. The van der Waals surface area contributed by atoms with Gasteiger partial charge in [0, 0.05) is 22.3 Å². The highest BCUT2D eigenvalue weighted by molar-refractivity contribution is 6.24. The minimum atomic E-state index is 0.0153. The van der Waals surface area contributed by atoms with Crippen LogP contribution in [0.3, 0.4) is 0 Å². The molecule has 1 aliphatic carbocycles. The first kappa shape index (κ1) is 14.7. The minimum Gasteiger partial charge on any atom is -0.288 e. The van der Waals surface area contributed by atoms with E-state index in [1.165, 1.54) is 0 Å². The topological polar surface area (TPSA) is 42.9 Å². The Morgan fingerprint density at radius 3 is 1.73 bits per heavy atom. The van der Waals surface area contributed by atoms with E-state index in [0.717, 1.165) is 27.9 Å². The second-order valence-electron chi connectivity index (χ2n) is 6.25. The number of fused-ring (bicyclic) bond motifs is 3. The van der Waals surface area contributed by atoms with Crippen LogP contribution in [-0.2, 0) is 0 Å². The van der Waals surface area contributed by atoms with Crippen molar-refractivity contribution in [1.82, 2.24) is 10.2 Å². The van der Waals surface area contributed by atoms with Crippen LogP contribution in [-0.4, -0.2) is 16.0 Å². The summed E-state index contributed by atoms with van der Waals surface area (Å²) in [6.45, 7) is 0. The van der Waals surface area contributed by atoms with Gasteiger partial charge in [-0.05, 0) is 5.56 Å². The second kappa shape index (κ2) is 5.74. The fourth-order valence-electron chi connectivity index (χ4n) is 3.55. The molecule has 1 heterocycles. The molecule has 3 nitrogen and oxygen atoms in total. The van der Waals surface area contributed by atoms with Gasteiger partial charge in [-0.3, -0.25) is 4.79 Å². The number of hydrogen-bond donors (Lipinski definition) is 0. The molecular formula is C23H14N2O. The molecule has 0 atom stereocenters. The molecule has 5 rings (SSSR count). The number of rotatable bonds is 2. The zero-order chi connectivity index (χ0) is 17.5. The van der Waals surface area contributed by atoms with Crippen molar-refractivity contribution in [1.29, 1.82) is 0 Å². The number of hydrogen-bond acceptors (Lipinski definition) is 3. The molecule has 122 valence electrons. The first-order chi connectivity index (χ1) is 12.8. The summed E-state index contributed by atoms with van der Waals surface area (Å²) in [7, 11) is 0. The summed E-state index contributed by atoms with van der Waals surface area (Å²) >= 11 is 0. The number of carbonyl (C=O) groups is 1. The van der Waals surface area contributed by atoms with Crippen LogP contribution in [0.15, 0.2) is 84.9 Å². The van der Waals surface area contributed by atoms with Gasteiger partial charge in [0.2, 0.25) is 0 Å². The molecule has 0 bridgehead atoms. The van der Waals surface area contributed by atoms with Crippen molar-refractivity contribution >= 4 is 5.78 Å². The van der Waals surface area contributed by atoms with Crippen LogP contribution in [0.25, 0.3) is 33.6 Å². The summed E-state index contributed by atoms with van der Waals surface area (Å²) in [6.07, 6.45) is 0. The molecule has 0 saturated carbocycles. The van der Waals surface area contributed by atoms with Gasteiger partial charge in [-0.2, -0.15) is 0 Å². The van der Waals surface area contributed by atoms with E-state index in [9.17, 15) is 4.79 Å². The molecular weight excluding hydrogens is 320 g/mol. The first-order valence-corrected chi connectivity index (χ1v) is 8.50. The summed E-state index contributed by atoms with van der Waals surface area (Å²) in [6, 6.07) is 27.4. The van der Waals surface area contributed by atoms with Crippen LogP contribution in [0.4, 0.5) is 0 Å². The number of benzene rings is 3. The first-order valence-electron chi connectivity index (χ1n) is 8.50. The highest BCUT2D eigenvalue weighted by Crippen LogP contribution is 2.43. The van der Waals surface area contributed by atoms with Crippen molar-refractivity contribution in [3.8, 4) is 33.6 Å². The van der Waals surface area contributed by atoms with Gasteiger partial charge in [0.05, 0.1) is 5.56 Å². The maximum atomic E-state index is 13.2. The lowest BCUT2D eigenvalue weighted by molar-refractivity contribution is 0.104. The molecule has 0 aliphatic heterocycles. The lowest BCUT2D eigenvalue weighted by atomic mass is 9.93. The molecule has 4 aromatic rings. The number of nitrogens with zero attached hydrogens (tertiary/aromatic N) is 2. The van der Waals surface area contributed by atoms with Gasteiger partial charge < -0.3 is 0 Å². The summed E-state index contributed by atoms with van der Waals surface area (Å²) < 4.78 is 0. The monoisotopic (exact) mass is 334 g/mol. The quantitative estimate of drug-likeness (QED) is 0.455. The van der Waals surface area contributed by atoms with E-state index in [2.05, 4.69) is 10.2 Å². The minimum absolute atomic E-state index is 0.0153. The van der Waals surface area contributed by atoms with Crippen LogP contribution in [0.5, 0.6) is 0 Å². The molecule has 0 N–H and O–H groups in total. The van der Waals surface area contributed by atoms with Gasteiger partial charge >= 0.3 is 0 Å². The molecule has 0 amide bonds. The van der Waals surface area contributed by atoms with Crippen LogP contribution in [0.2, 0.25) is 0 Å².